The molecule has 106 valence electrons. The van der Waals surface area contributed by atoms with Gasteiger partial charge in [-0.3, -0.25) is 4.79 Å². The number of halogens is 3. The summed E-state index contributed by atoms with van der Waals surface area (Å²) in [6.07, 6.45) is 0.201. The maximum absolute atomic E-state index is 12.4. The van der Waals surface area contributed by atoms with Crippen LogP contribution in [0.3, 0.4) is 0 Å². The van der Waals surface area contributed by atoms with Crippen LogP contribution in [0, 0.1) is 0 Å². The Hall–Kier alpha value is -2.04. The first-order chi connectivity index (χ1) is 9.18. The molecule has 1 aliphatic rings. The molecule has 2 nitrogen and oxygen atoms in total. The number of carbonyl (C=O) groups is 1. The Morgan fingerprint density at radius 3 is 2.15 bits per heavy atom. The molecule has 1 heterocycles. The van der Waals surface area contributed by atoms with Gasteiger partial charge in [-0.25, -0.2) is 0 Å². The molecule has 1 aromatic rings. The summed E-state index contributed by atoms with van der Waals surface area (Å²) < 4.78 is 42.6. The van der Waals surface area contributed by atoms with Crippen molar-refractivity contribution < 1.29 is 22.7 Å². The molecule has 1 aromatic carbocycles. The highest BCUT2D eigenvalue weighted by molar-refractivity contribution is 5.99. The standard InChI is InChI=1S/C15H13F3O2/c1-14(2)13(19)9-12(20-14)8-5-10-3-6-11(7-4-10)15(16,17)18/h3-9H,1-2H3/b8-5+. The number of carbonyl (C=O) groups excluding carboxylic acids is 1. The zero-order valence-electron chi connectivity index (χ0n) is 11.0. The van der Waals surface area contributed by atoms with Gasteiger partial charge in [0.05, 0.1) is 5.56 Å². The van der Waals surface area contributed by atoms with E-state index in [0.717, 1.165) is 12.1 Å². The highest BCUT2D eigenvalue weighted by Gasteiger charge is 2.34. The lowest BCUT2D eigenvalue weighted by Crippen LogP contribution is -2.27. The van der Waals surface area contributed by atoms with E-state index in [1.807, 2.05) is 0 Å². The van der Waals surface area contributed by atoms with Gasteiger partial charge in [0, 0.05) is 6.08 Å². The van der Waals surface area contributed by atoms with Crippen LogP contribution in [0.4, 0.5) is 13.2 Å². The van der Waals surface area contributed by atoms with Gasteiger partial charge in [0.25, 0.3) is 0 Å². The van der Waals surface area contributed by atoms with Gasteiger partial charge < -0.3 is 4.74 Å². The molecule has 0 saturated heterocycles. The van der Waals surface area contributed by atoms with E-state index in [2.05, 4.69) is 0 Å². The van der Waals surface area contributed by atoms with E-state index in [9.17, 15) is 18.0 Å². The summed E-state index contributed by atoms with van der Waals surface area (Å²) >= 11 is 0. The minimum absolute atomic E-state index is 0.135. The fraction of sp³-hybridized carbons (Fsp3) is 0.267. The normalized spacial score (nSPS) is 18.2. The van der Waals surface area contributed by atoms with E-state index < -0.39 is 17.3 Å². The summed E-state index contributed by atoms with van der Waals surface area (Å²) in [5.41, 5.74) is -0.971. The van der Waals surface area contributed by atoms with Crippen molar-refractivity contribution in [2.24, 2.45) is 0 Å². The summed E-state index contributed by atoms with van der Waals surface area (Å²) in [5, 5.41) is 0. The predicted octanol–water partition coefficient (Wildman–Crippen LogP) is 3.98. The van der Waals surface area contributed by atoms with Crippen molar-refractivity contribution in [1.82, 2.24) is 0 Å². The van der Waals surface area contributed by atoms with Crippen LogP contribution in [-0.2, 0) is 15.7 Å². The molecule has 1 aliphatic heterocycles. The van der Waals surface area contributed by atoms with Crippen molar-refractivity contribution >= 4 is 11.9 Å². The molecular weight excluding hydrogens is 269 g/mol. The second-order valence-corrected chi connectivity index (χ2v) is 4.98. The molecule has 0 saturated carbocycles. The van der Waals surface area contributed by atoms with E-state index in [1.165, 1.54) is 18.2 Å². The zero-order valence-corrected chi connectivity index (χ0v) is 11.0. The molecule has 0 fully saturated rings. The van der Waals surface area contributed by atoms with Crippen molar-refractivity contribution in [1.29, 1.82) is 0 Å². The smallest absolute Gasteiger partial charge is 0.416 e. The molecule has 0 aliphatic carbocycles. The van der Waals surface area contributed by atoms with Crippen LogP contribution >= 0.6 is 0 Å². The Labute approximate surface area is 114 Å². The molecule has 0 radical (unpaired) electrons. The molecule has 0 atom stereocenters. The Bertz CT molecular complexity index is 578. The van der Waals surface area contributed by atoms with Crippen molar-refractivity contribution in [3.8, 4) is 0 Å². The van der Waals surface area contributed by atoms with Crippen molar-refractivity contribution in [2.45, 2.75) is 25.6 Å². The molecule has 0 bridgehead atoms. The molecule has 0 spiro atoms. The van der Waals surface area contributed by atoms with Crippen LogP contribution in [0.25, 0.3) is 6.08 Å². The van der Waals surface area contributed by atoms with E-state index in [-0.39, 0.29) is 5.78 Å². The molecule has 20 heavy (non-hydrogen) atoms. The second kappa shape index (κ2) is 4.81. The molecule has 0 amide bonds. The average molecular weight is 282 g/mol. The molecular formula is C15H13F3O2. The number of allylic oxidation sites excluding steroid dienone is 1. The third kappa shape index (κ3) is 3.10. The maximum atomic E-state index is 12.4. The van der Waals surface area contributed by atoms with Crippen LogP contribution in [0.2, 0.25) is 0 Å². The summed E-state index contributed by atoms with van der Waals surface area (Å²) in [6, 6.07) is 4.75. The summed E-state index contributed by atoms with van der Waals surface area (Å²) in [4.78, 5) is 11.5. The molecule has 5 heteroatoms. The number of benzene rings is 1. The SMILES string of the molecule is CC1(C)OC(/C=C/c2ccc(C(F)(F)F)cc2)=CC1=O. The van der Waals surface area contributed by atoms with Crippen molar-refractivity contribution in [3.63, 3.8) is 0 Å². The third-order valence-electron chi connectivity index (χ3n) is 2.92. The Balaban J connectivity index is 2.10. The van der Waals surface area contributed by atoms with Crippen molar-refractivity contribution in [2.75, 3.05) is 0 Å². The first-order valence-corrected chi connectivity index (χ1v) is 5.99. The van der Waals surface area contributed by atoms with Crippen LogP contribution in [0.1, 0.15) is 25.0 Å². The summed E-state index contributed by atoms with van der Waals surface area (Å²) in [6.45, 7) is 3.32. The summed E-state index contributed by atoms with van der Waals surface area (Å²) in [5.74, 6) is 0.268. The Morgan fingerprint density at radius 2 is 1.70 bits per heavy atom. The topological polar surface area (TPSA) is 26.3 Å². The van der Waals surface area contributed by atoms with Gasteiger partial charge in [-0.05, 0) is 37.6 Å². The first-order valence-electron chi connectivity index (χ1n) is 5.99. The van der Waals surface area contributed by atoms with E-state index >= 15 is 0 Å². The van der Waals surface area contributed by atoms with Gasteiger partial charge >= 0.3 is 6.18 Å². The van der Waals surface area contributed by atoms with Crippen LogP contribution in [-0.4, -0.2) is 11.4 Å². The van der Waals surface area contributed by atoms with Gasteiger partial charge in [0.15, 0.2) is 5.60 Å². The van der Waals surface area contributed by atoms with Gasteiger partial charge in [-0.2, -0.15) is 13.2 Å². The number of hydrogen-bond acceptors (Lipinski definition) is 2. The van der Waals surface area contributed by atoms with Gasteiger partial charge in [-0.15, -0.1) is 0 Å². The van der Waals surface area contributed by atoms with E-state index in [4.69, 9.17) is 4.74 Å². The average Bonchev–Trinajstić information content (AvgIpc) is 2.60. The lowest BCUT2D eigenvalue weighted by atomic mass is 10.1. The van der Waals surface area contributed by atoms with Crippen LogP contribution in [0.15, 0.2) is 42.2 Å². The van der Waals surface area contributed by atoms with Gasteiger partial charge in [-0.1, -0.05) is 18.2 Å². The minimum Gasteiger partial charge on any atom is -0.480 e. The molecule has 0 unspecified atom stereocenters. The molecule has 0 aromatic heterocycles. The second-order valence-electron chi connectivity index (χ2n) is 4.98. The first kappa shape index (κ1) is 14.4. The lowest BCUT2D eigenvalue weighted by Gasteiger charge is -2.16. The van der Waals surface area contributed by atoms with Gasteiger partial charge in [0.1, 0.15) is 5.76 Å². The van der Waals surface area contributed by atoms with Crippen LogP contribution < -0.4 is 0 Å². The fourth-order valence-corrected chi connectivity index (χ4v) is 1.72. The number of ketones is 1. The fourth-order valence-electron chi connectivity index (χ4n) is 1.72. The third-order valence-corrected chi connectivity index (χ3v) is 2.92. The molecule has 0 N–H and O–H groups in total. The number of hydrogen-bond donors (Lipinski definition) is 0. The predicted molar refractivity (Wildman–Crippen MR) is 68.7 cm³/mol. The van der Waals surface area contributed by atoms with E-state index in [1.54, 1.807) is 26.0 Å². The summed E-state index contributed by atoms with van der Waals surface area (Å²) in [7, 11) is 0. The number of alkyl halides is 3. The van der Waals surface area contributed by atoms with Crippen LogP contribution in [0.5, 0.6) is 0 Å². The van der Waals surface area contributed by atoms with Gasteiger partial charge in [0.2, 0.25) is 5.78 Å². The van der Waals surface area contributed by atoms with Crippen molar-refractivity contribution in [3.05, 3.63) is 53.3 Å². The Kier molecular flexibility index (Phi) is 3.46. The zero-order chi connectivity index (χ0) is 15.0. The molecule has 2 rings (SSSR count). The number of ether oxygens (including phenoxy) is 1. The number of rotatable bonds is 2. The Morgan fingerprint density at radius 1 is 1.10 bits per heavy atom. The largest absolute Gasteiger partial charge is 0.480 e. The highest BCUT2D eigenvalue weighted by atomic mass is 19.4. The maximum Gasteiger partial charge on any atom is 0.416 e. The lowest BCUT2D eigenvalue weighted by molar-refractivity contribution is -0.137. The van der Waals surface area contributed by atoms with E-state index in [0.29, 0.717) is 11.3 Å². The monoisotopic (exact) mass is 282 g/mol. The highest BCUT2D eigenvalue weighted by Crippen LogP contribution is 2.29. The minimum atomic E-state index is -4.34. The quantitative estimate of drug-likeness (QED) is 0.820.